The van der Waals surface area contributed by atoms with Gasteiger partial charge in [0.1, 0.15) is 5.69 Å². The van der Waals surface area contributed by atoms with E-state index in [-0.39, 0.29) is 5.92 Å². The van der Waals surface area contributed by atoms with E-state index in [1.54, 1.807) is 0 Å². The van der Waals surface area contributed by atoms with Crippen LogP contribution in [-0.4, -0.2) is 4.98 Å². The first-order valence-corrected chi connectivity index (χ1v) is 4.98. The summed E-state index contributed by atoms with van der Waals surface area (Å²) in [6.45, 7) is 4.04. The van der Waals surface area contributed by atoms with Crippen LogP contribution in [0, 0.1) is 0 Å². The Morgan fingerprint density at radius 1 is 1.33 bits per heavy atom. The Balaban J connectivity index is 2.81. The predicted molar refractivity (Wildman–Crippen MR) is 52.6 cm³/mol. The summed E-state index contributed by atoms with van der Waals surface area (Å²) < 4.78 is 36.6. The van der Waals surface area contributed by atoms with Crippen molar-refractivity contribution in [2.24, 2.45) is 0 Å². The maximum atomic E-state index is 12.2. The third kappa shape index (κ3) is 3.22. The summed E-state index contributed by atoms with van der Waals surface area (Å²) in [6.07, 6.45) is -1.04. The topological polar surface area (TPSA) is 12.9 Å². The van der Waals surface area contributed by atoms with Gasteiger partial charge in [-0.2, -0.15) is 13.2 Å². The van der Waals surface area contributed by atoms with Gasteiger partial charge in [0, 0.05) is 6.20 Å². The van der Waals surface area contributed by atoms with Gasteiger partial charge in [0.05, 0.1) is 0 Å². The minimum Gasteiger partial charge on any atom is -0.251 e. The van der Waals surface area contributed by atoms with Crippen molar-refractivity contribution in [1.82, 2.24) is 4.98 Å². The van der Waals surface area contributed by atoms with Gasteiger partial charge in [0.25, 0.3) is 0 Å². The molecule has 0 aromatic carbocycles. The third-order valence-corrected chi connectivity index (χ3v) is 2.37. The number of nitrogens with zero attached hydrogens (tertiary/aromatic N) is 1. The molecule has 0 saturated heterocycles. The van der Waals surface area contributed by atoms with Gasteiger partial charge in [-0.05, 0) is 24.0 Å². The smallest absolute Gasteiger partial charge is 0.251 e. The Kier molecular flexibility index (Phi) is 3.72. The van der Waals surface area contributed by atoms with Crippen molar-refractivity contribution >= 4 is 0 Å². The number of rotatable bonds is 3. The second-order valence-corrected chi connectivity index (χ2v) is 3.66. The summed E-state index contributed by atoms with van der Waals surface area (Å²) in [4.78, 5) is 3.43. The van der Waals surface area contributed by atoms with Crippen LogP contribution in [0.3, 0.4) is 0 Å². The highest BCUT2D eigenvalue weighted by atomic mass is 19.4. The third-order valence-electron chi connectivity index (χ3n) is 2.37. The van der Waals surface area contributed by atoms with Crippen LogP contribution < -0.4 is 0 Å². The van der Waals surface area contributed by atoms with Crippen LogP contribution in [0.4, 0.5) is 13.2 Å². The van der Waals surface area contributed by atoms with Crippen molar-refractivity contribution in [3.63, 3.8) is 0 Å². The molecule has 4 heteroatoms. The zero-order valence-corrected chi connectivity index (χ0v) is 8.80. The number of aromatic nitrogens is 1. The Hall–Kier alpha value is -1.06. The van der Waals surface area contributed by atoms with Gasteiger partial charge in [0.15, 0.2) is 0 Å². The Morgan fingerprint density at radius 2 is 2.00 bits per heavy atom. The van der Waals surface area contributed by atoms with Gasteiger partial charge in [0.2, 0.25) is 0 Å². The fourth-order valence-electron chi connectivity index (χ4n) is 1.46. The highest BCUT2D eigenvalue weighted by Gasteiger charge is 2.32. The minimum absolute atomic E-state index is 0.268. The molecule has 0 spiro atoms. The SMILES string of the molecule is CCCC(C)c1ccc(C(F)(F)F)nc1. The summed E-state index contributed by atoms with van der Waals surface area (Å²) >= 11 is 0. The van der Waals surface area contributed by atoms with Crippen LogP contribution in [0.25, 0.3) is 0 Å². The number of alkyl halides is 3. The number of halogens is 3. The molecule has 0 bridgehead atoms. The van der Waals surface area contributed by atoms with E-state index in [0.29, 0.717) is 0 Å². The first kappa shape index (κ1) is 12.0. The lowest BCUT2D eigenvalue weighted by molar-refractivity contribution is -0.141. The summed E-state index contributed by atoms with van der Waals surface area (Å²) in [5.41, 5.74) is 0.0415. The zero-order chi connectivity index (χ0) is 11.5. The molecule has 0 fully saturated rings. The molecule has 0 saturated carbocycles. The standard InChI is InChI=1S/C11H14F3N/c1-3-4-8(2)9-5-6-10(15-7-9)11(12,13)14/h5-8H,3-4H2,1-2H3. The molecular weight excluding hydrogens is 203 g/mol. The zero-order valence-electron chi connectivity index (χ0n) is 8.80. The van der Waals surface area contributed by atoms with Crippen molar-refractivity contribution in [2.75, 3.05) is 0 Å². The van der Waals surface area contributed by atoms with Gasteiger partial charge in [-0.3, -0.25) is 4.98 Å². The molecule has 1 aromatic rings. The van der Waals surface area contributed by atoms with E-state index in [0.717, 1.165) is 24.5 Å². The van der Waals surface area contributed by atoms with Gasteiger partial charge < -0.3 is 0 Å². The van der Waals surface area contributed by atoms with Crippen molar-refractivity contribution < 1.29 is 13.2 Å². The molecule has 15 heavy (non-hydrogen) atoms. The maximum absolute atomic E-state index is 12.2. The molecule has 0 radical (unpaired) electrons. The highest BCUT2D eigenvalue weighted by Crippen LogP contribution is 2.28. The molecule has 1 heterocycles. The lowest BCUT2D eigenvalue weighted by Crippen LogP contribution is -2.08. The minimum atomic E-state index is -4.34. The van der Waals surface area contributed by atoms with Gasteiger partial charge >= 0.3 is 6.18 Å². The Labute approximate surface area is 87.3 Å². The molecule has 1 unspecified atom stereocenters. The van der Waals surface area contributed by atoms with Gasteiger partial charge in [-0.15, -0.1) is 0 Å². The van der Waals surface area contributed by atoms with Crippen molar-refractivity contribution in [2.45, 2.75) is 38.8 Å². The second kappa shape index (κ2) is 4.64. The van der Waals surface area contributed by atoms with E-state index >= 15 is 0 Å². The fourth-order valence-corrected chi connectivity index (χ4v) is 1.46. The Morgan fingerprint density at radius 3 is 2.40 bits per heavy atom. The molecular formula is C11H14F3N. The fraction of sp³-hybridized carbons (Fsp3) is 0.545. The van der Waals surface area contributed by atoms with E-state index in [1.165, 1.54) is 12.3 Å². The molecule has 1 atom stereocenters. The molecule has 1 rings (SSSR count). The van der Waals surface area contributed by atoms with Crippen LogP contribution in [0.1, 0.15) is 43.9 Å². The molecule has 0 aliphatic heterocycles. The van der Waals surface area contributed by atoms with E-state index in [2.05, 4.69) is 4.98 Å². The molecule has 0 aliphatic carbocycles. The largest absolute Gasteiger partial charge is 0.433 e. The second-order valence-electron chi connectivity index (χ2n) is 3.66. The molecule has 0 amide bonds. The van der Waals surface area contributed by atoms with E-state index < -0.39 is 11.9 Å². The highest BCUT2D eigenvalue weighted by molar-refractivity contribution is 5.19. The van der Waals surface area contributed by atoms with Gasteiger partial charge in [-0.25, -0.2) is 0 Å². The van der Waals surface area contributed by atoms with Gasteiger partial charge in [-0.1, -0.05) is 26.3 Å². The van der Waals surface area contributed by atoms with E-state index in [9.17, 15) is 13.2 Å². The lowest BCUT2D eigenvalue weighted by atomic mass is 9.98. The first-order valence-electron chi connectivity index (χ1n) is 4.98. The average Bonchev–Trinajstić information content (AvgIpc) is 2.17. The summed E-state index contributed by atoms with van der Waals surface area (Å²) in [5.74, 6) is 0.268. The van der Waals surface area contributed by atoms with Crippen LogP contribution >= 0.6 is 0 Å². The molecule has 0 N–H and O–H groups in total. The van der Waals surface area contributed by atoms with Crippen LogP contribution in [0.15, 0.2) is 18.3 Å². The molecule has 0 aliphatic rings. The summed E-state index contributed by atoms with van der Waals surface area (Å²) in [7, 11) is 0. The molecule has 1 nitrogen and oxygen atoms in total. The monoisotopic (exact) mass is 217 g/mol. The van der Waals surface area contributed by atoms with Crippen molar-refractivity contribution in [3.05, 3.63) is 29.6 Å². The lowest BCUT2D eigenvalue weighted by Gasteiger charge is -2.11. The van der Waals surface area contributed by atoms with E-state index in [4.69, 9.17) is 0 Å². The quantitative estimate of drug-likeness (QED) is 0.745. The van der Waals surface area contributed by atoms with Crippen LogP contribution in [0.5, 0.6) is 0 Å². The number of hydrogen-bond acceptors (Lipinski definition) is 1. The number of hydrogen-bond donors (Lipinski definition) is 0. The number of pyridine rings is 1. The Bertz CT molecular complexity index is 303. The summed E-state index contributed by atoms with van der Waals surface area (Å²) in [6, 6.07) is 2.55. The average molecular weight is 217 g/mol. The summed E-state index contributed by atoms with van der Waals surface area (Å²) in [5, 5.41) is 0. The normalized spacial score (nSPS) is 13.9. The van der Waals surface area contributed by atoms with E-state index in [1.807, 2.05) is 13.8 Å². The van der Waals surface area contributed by atoms with Crippen molar-refractivity contribution in [1.29, 1.82) is 0 Å². The molecule has 1 aromatic heterocycles. The maximum Gasteiger partial charge on any atom is 0.433 e. The van der Waals surface area contributed by atoms with Crippen LogP contribution in [0.2, 0.25) is 0 Å². The predicted octanol–water partition coefficient (Wildman–Crippen LogP) is 4.00. The molecule has 84 valence electrons. The van der Waals surface area contributed by atoms with Crippen molar-refractivity contribution in [3.8, 4) is 0 Å². The van der Waals surface area contributed by atoms with Crippen LogP contribution in [-0.2, 0) is 6.18 Å². The first-order chi connectivity index (χ1) is 6.95.